The quantitative estimate of drug-likeness (QED) is 0.410. The summed E-state index contributed by atoms with van der Waals surface area (Å²) >= 11 is 0. The van der Waals surface area contributed by atoms with Crippen molar-refractivity contribution in [1.82, 2.24) is 0 Å². The number of fused-ring (bicyclic) bond motifs is 2. The van der Waals surface area contributed by atoms with Gasteiger partial charge in [-0.05, 0) is 12.2 Å². The summed E-state index contributed by atoms with van der Waals surface area (Å²) in [4.78, 5) is 11.2. The van der Waals surface area contributed by atoms with Gasteiger partial charge in [-0.1, -0.05) is 0 Å². The Morgan fingerprint density at radius 3 is 2.71 bits per heavy atom. The van der Waals surface area contributed by atoms with Crippen LogP contribution in [-0.4, -0.2) is 22.8 Å². The summed E-state index contributed by atoms with van der Waals surface area (Å²) in [5, 5.41) is 27.4. The molecule has 0 radical (unpaired) electrons. The van der Waals surface area contributed by atoms with Gasteiger partial charge in [0.15, 0.2) is 5.60 Å². The number of rotatable bonds is 0. The largest absolute Gasteiger partial charge is 0.454 e. The molecule has 3 rings (SSSR count). The minimum Gasteiger partial charge on any atom is -0.454 e. The van der Waals surface area contributed by atoms with Crippen molar-refractivity contribution in [2.75, 3.05) is 0 Å². The average molecular weight is 190 g/mol. The average Bonchev–Trinajstić information content (AvgIpc) is 2.18. The predicted molar refractivity (Wildman–Crippen MR) is 42.2 cm³/mol. The van der Waals surface area contributed by atoms with Gasteiger partial charge in [0.05, 0.1) is 12.1 Å². The van der Waals surface area contributed by atoms with E-state index in [1.54, 1.807) is 6.07 Å². The molecule has 1 fully saturated rings. The summed E-state index contributed by atoms with van der Waals surface area (Å²) in [6.45, 7) is 0. The van der Waals surface area contributed by atoms with Gasteiger partial charge < -0.3 is 9.84 Å². The highest BCUT2D eigenvalue weighted by molar-refractivity contribution is 5.85. The Kier molecular flexibility index (Phi) is 1.60. The molecule has 1 saturated heterocycles. The van der Waals surface area contributed by atoms with Crippen LogP contribution in [0.15, 0.2) is 12.2 Å². The highest BCUT2D eigenvalue weighted by atomic mass is 16.6. The smallest absolute Gasteiger partial charge is 0.344 e. The van der Waals surface area contributed by atoms with Crippen LogP contribution in [0.25, 0.3) is 0 Å². The number of nitrogens with zero attached hydrogens (tertiary/aromatic N) is 2. The molecule has 0 aromatic heterocycles. The van der Waals surface area contributed by atoms with Crippen molar-refractivity contribution in [1.29, 1.82) is 10.5 Å². The van der Waals surface area contributed by atoms with Crippen molar-refractivity contribution in [3.8, 4) is 12.1 Å². The van der Waals surface area contributed by atoms with E-state index >= 15 is 0 Å². The molecule has 4 atom stereocenters. The van der Waals surface area contributed by atoms with Crippen LogP contribution in [0.4, 0.5) is 0 Å². The summed E-state index contributed by atoms with van der Waals surface area (Å²) in [6, 6.07) is 3.65. The second-order valence-corrected chi connectivity index (χ2v) is 3.32. The SMILES string of the molecule is N#C[C@@H]1[C@H]2C=C[C@](O)(C(=O)O2)[C@H]1C#N. The first-order valence-corrected chi connectivity index (χ1v) is 4.05. The summed E-state index contributed by atoms with van der Waals surface area (Å²) in [7, 11) is 0. The fraction of sp³-hybridized carbons (Fsp3) is 0.444. The zero-order chi connectivity index (χ0) is 10.3. The van der Waals surface area contributed by atoms with Crippen molar-refractivity contribution in [3.05, 3.63) is 12.2 Å². The second-order valence-electron chi connectivity index (χ2n) is 3.32. The number of esters is 1. The molecule has 0 spiro atoms. The summed E-state index contributed by atoms with van der Waals surface area (Å²) in [5.41, 5.74) is -1.94. The van der Waals surface area contributed by atoms with E-state index in [1.165, 1.54) is 12.2 Å². The second kappa shape index (κ2) is 2.57. The summed E-state index contributed by atoms with van der Waals surface area (Å²) in [5.74, 6) is -2.67. The Labute approximate surface area is 79.8 Å². The van der Waals surface area contributed by atoms with Crippen molar-refractivity contribution < 1.29 is 14.6 Å². The van der Waals surface area contributed by atoms with Gasteiger partial charge in [0.1, 0.15) is 17.9 Å². The first-order chi connectivity index (χ1) is 6.63. The zero-order valence-corrected chi connectivity index (χ0v) is 7.04. The Morgan fingerprint density at radius 1 is 1.50 bits per heavy atom. The van der Waals surface area contributed by atoms with E-state index in [0.29, 0.717) is 0 Å². The predicted octanol–water partition coefficient (Wildman–Crippen LogP) is -0.508. The van der Waals surface area contributed by atoms with E-state index < -0.39 is 29.5 Å². The number of carbonyl (C=O) groups is 1. The third kappa shape index (κ3) is 0.822. The topological polar surface area (TPSA) is 94.1 Å². The molecule has 0 unspecified atom stereocenters. The van der Waals surface area contributed by atoms with Crippen LogP contribution in [0.3, 0.4) is 0 Å². The maximum Gasteiger partial charge on any atom is 0.344 e. The molecule has 2 bridgehead atoms. The molecule has 1 N–H and O–H groups in total. The molecule has 3 aliphatic rings. The first-order valence-electron chi connectivity index (χ1n) is 4.05. The van der Waals surface area contributed by atoms with E-state index in [-0.39, 0.29) is 0 Å². The van der Waals surface area contributed by atoms with Crippen LogP contribution >= 0.6 is 0 Å². The standard InChI is InChI=1S/C9H6N2O3/c10-3-5-6(4-11)9(13)2-1-7(5)14-8(9)12/h1-2,5-7,13H/t5-,6-,7+,9+/m0/s1. The van der Waals surface area contributed by atoms with Gasteiger partial charge in [-0.2, -0.15) is 10.5 Å². The van der Waals surface area contributed by atoms with E-state index in [0.717, 1.165) is 0 Å². The number of hydrogen-bond acceptors (Lipinski definition) is 5. The van der Waals surface area contributed by atoms with Gasteiger partial charge in [0.2, 0.25) is 0 Å². The number of carbonyl (C=O) groups excluding carboxylic acids is 1. The van der Waals surface area contributed by atoms with Crippen LogP contribution < -0.4 is 0 Å². The van der Waals surface area contributed by atoms with Crippen LogP contribution in [0, 0.1) is 34.5 Å². The Hall–Kier alpha value is -1.85. The van der Waals surface area contributed by atoms with Crippen molar-refractivity contribution in [3.63, 3.8) is 0 Å². The summed E-state index contributed by atoms with van der Waals surface area (Å²) < 4.78 is 4.77. The van der Waals surface area contributed by atoms with Gasteiger partial charge in [0, 0.05) is 0 Å². The van der Waals surface area contributed by atoms with E-state index in [2.05, 4.69) is 0 Å². The number of nitriles is 2. The Balaban J connectivity index is 2.53. The highest BCUT2D eigenvalue weighted by Gasteiger charge is 2.58. The lowest BCUT2D eigenvalue weighted by Crippen LogP contribution is -2.59. The fourth-order valence-electron chi connectivity index (χ4n) is 1.78. The van der Waals surface area contributed by atoms with Gasteiger partial charge in [-0.3, -0.25) is 0 Å². The fourth-order valence-corrected chi connectivity index (χ4v) is 1.78. The lowest BCUT2D eigenvalue weighted by molar-refractivity contribution is -0.185. The van der Waals surface area contributed by atoms with Gasteiger partial charge in [0.25, 0.3) is 0 Å². The molecule has 0 aromatic rings. The number of hydrogen-bond donors (Lipinski definition) is 1. The van der Waals surface area contributed by atoms with Crippen molar-refractivity contribution >= 4 is 5.97 Å². The lowest BCUT2D eigenvalue weighted by Gasteiger charge is -2.42. The normalized spacial score (nSPS) is 43.9. The Bertz CT molecular complexity index is 403. The molecule has 2 aliphatic heterocycles. The molecule has 70 valence electrons. The minimum atomic E-state index is -1.94. The molecule has 1 aliphatic carbocycles. The van der Waals surface area contributed by atoms with E-state index in [4.69, 9.17) is 15.3 Å². The summed E-state index contributed by atoms with van der Waals surface area (Å²) in [6.07, 6.45) is 1.99. The molecule has 0 aromatic carbocycles. The van der Waals surface area contributed by atoms with Gasteiger partial charge >= 0.3 is 5.97 Å². The zero-order valence-electron chi connectivity index (χ0n) is 7.04. The maximum absolute atomic E-state index is 11.2. The third-order valence-corrected chi connectivity index (χ3v) is 2.59. The van der Waals surface area contributed by atoms with Crippen LogP contribution in [0.2, 0.25) is 0 Å². The Morgan fingerprint density at radius 2 is 2.21 bits per heavy atom. The molecule has 0 saturated carbocycles. The monoisotopic (exact) mass is 190 g/mol. The lowest BCUT2D eigenvalue weighted by atomic mass is 9.70. The third-order valence-electron chi connectivity index (χ3n) is 2.59. The first kappa shape index (κ1) is 8.74. The molecular formula is C9H6N2O3. The van der Waals surface area contributed by atoms with Gasteiger partial charge in [-0.25, -0.2) is 4.79 Å². The molecule has 14 heavy (non-hydrogen) atoms. The van der Waals surface area contributed by atoms with Crippen LogP contribution in [-0.2, 0) is 9.53 Å². The highest BCUT2D eigenvalue weighted by Crippen LogP contribution is 2.40. The molecular weight excluding hydrogens is 184 g/mol. The van der Waals surface area contributed by atoms with E-state index in [9.17, 15) is 9.90 Å². The van der Waals surface area contributed by atoms with Gasteiger partial charge in [-0.15, -0.1) is 0 Å². The number of ether oxygens (including phenoxy) is 1. The molecule has 5 nitrogen and oxygen atoms in total. The minimum absolute atomic E-state index is 0.703. The van der Waals surface area contributed by atoms with Crippen LogP contribution in [0.1, 0.15) is 0 Å². The van der Waals surface area contributed by atoms with Crippen molar-refractivity contribution in [2.24, 2.45) is 11.8 Å². The number of aliphatic hydroxyl groups is 1. The molecule has 5 heteroatoms. The van der Waals surface area contributed by atoms with E-state index in [1.807, 2.05) is 6.07 Å². The van der Waals surface area contributed by atoms with Crippen LogP contribution in [0.5, 0.6) is 0 Å². The molecule has 2 heterocycles. The maximum atomic E-state index is 11.2. The molecule has 0 amide bonds. The van der Waals surface area contributed by atoms with Crippen molar-refractivity contribution in [2.45, 2.75) is 11.7 Å².